The van der Waals surface area contributed by atoms with E-state index < -0.39 is 11.8 Å². The van der Waals surface area contributed by atoms with Gasteiger partial charge in [0.05, 0.1) is 0 Å². The van der Waals surface area contributed by atoms with Crippen molar-refractivity contribution in [3.05, 3.63) is 0 Å². The Kier molecular flexibility index (Phi) is 4.65. The van der Waals surface area contributed by atoms with Crippen molar-refractivity contribution in [1.29, 1.82) is 0 Å². The standard InChI is InChI=1S/C15H25ClO3/c1-15(2,3)19-14(17)18-13-9-8-12(16)10-6-4-5-7-11(10)13/h10-13H,4-9H2,1-3H3. The van der Waals surface area contributed by atoms with Gasteiger partial charge in [-0.1, -0.05) is 12.8 Å². The highest BCUT2D eigenvalue weighted by molar-refractivity contribution is 6.20. The van der Waals surface area contributed by atoms with Gasteiger partial charge in [0.25, 0.3) is 0 Å². The number of alkyl halides is 1. The fourth-order valence-corrected chi connectivity index (χ4v) is 3.83. The Labute approximate surface area is 121 Å². The lowest BCUT2D eigenvalue weighted by Crippen LogP contribution is -2.43. The normalized spacial score (nSPS) is 35.4. The molecule has 0 radical (unpaired) electrons. The lowest BCUT2D eigenvalue weighted by Gasteiger charge is -2.43. The third-order valence-electron chi connectivity index (χ3n) is 4.18. The fraction of sp³-hybridized carbons (Fsp3) is 0.933. The smallest absolute Gasteiger partial charge is 0.431 e. The summed E-state index contributed by atoms with van der Waals surface area (Å²) in [6.07, 6.45) is 6.05. The first kappa shape index (κ1) is 15.0. The van der Waals surface area contributed by atoms with Crippen molar-refractivity contribution < 1.29 is 14.3 Å². The fourth-order valence-electron chi connectivity index (χ4n) is 3.39. The van der Waals surface area contributed by atoms with Crippen molar-refractivity contribution >= 4 is 17.8 Å². The van der Waals surface area contributed by atoms with E-state index in [0.717, 1.165) is 19.3 Å². The van der Waals surface area contributed by atoms with E-state index in [1.165, 1.54) is 19.3 Å². The van der Waals surface area contributed by atoms with Crippen LogP contribution in [-0.2, 0) is 9.47 Å². The molecule has 0 bridgehead atoms. The van der Waals surface area contributed by atoms with Gasteiger partial charge in [0, 0.05) is 11.3 Å². The molecule has 0 saturated heterocycles. The molecule has 0 amide bonds. The van der Waals surface area contributed by atoms with Crippen LogP contribution in [-0.4, -0.2) is 23.2 Å². The Morgan fingerprint density at radius 3 is 2.32 bits per heavy atom. The number of ether oxygens (including phenoxy) is 2. The molecule has 4 unspecified atom stereocenters. The third-order valence-corrected chi connectivity index (χ3v) is 4.72. The predicted molar refractivity (Wildman–Crippen MR) is 75.4 cm³/mol. The maximum atomic E-state index is 11.8. The molecule has 0 aromatic rings. The van der Waals surface area contributed by atoms with Crippen LogP contribution in [0.5, 0.6) is 0 Å². The molecular weight excluding hydrogens is 264 g/mol. The van der Waals surface area contributed by atoms with Crippen molar-refractivity contribution in [2.45, 2.75) is 76.4 Å². The van der Waals surface area contributed by atoms with E-state index in [4.69, 9.17) is 21.1 Å². The van der Waals surface area contributed by atoms with Gasteiger partial charge in [-0.25, -0.2) is 4.79 Å². The molecule has 2 saturated carbocycles. The highest BCUT2D eigenvalue weighted by Crippen LogP contribution is 2.44. The first-order valence-electron chi connectivity index (χ1n) is 7.40. The summed E-state index contributed by atoms with van der Waals surface area (Å²) in [6, 6.07) is 0. The zero-order chi connectivity index (χ0) is 14.0. The number of rotatable bonds is 1. The van der Waals surface area contributed by atoms with Crippen molar-refractivity contribution in [3.8, 4) is 0 Å². The first-order chi connectivity index (χ1) is 8.87. The number of halogens is 1. The number of fused-ring (bicyclic) bond motifs is 1. The predicted octanol–water partition coefficient (Wildman–Crippen LogP) is 4.51. The minimum absolute atomic E-state index is 0.00449. The Bertz CT molecular complexity index is 324. The maximum absolute atomic E-state index is 11.8. The van der Waals surface area contributed by atoms with Crippen LogP contribution >= 0.6 is 11.6 Å². The molecular formula is C15H25ClO3. The maximum Gasteiger partial charge on any atom is 0.509 e. The molecule has 4 atom stereocenters. The van der Waals surface area contributed by atoms with Gasteiger partial charge in [-0.3, -0.25) is 0 Å². The van der Waals surface area contributed by atoms with Gasteiger partial charge in [-0.2, -0.15) is 0 Å². The van der Waals surface area contributed by atoms with Crippen LogP contribution in [0.25, 0.3) is 0 Å². The Morgan fingerprint density at radius 2 is 1.68 bits per heavy atom. The lowest BCUT2D eigenvalue weighted by atomic mass is 9.69. The number of hydrogen-bond acceptors (Lipinski definition) is 3. The van der Waals surface area contributed by atoms with Gasteiger partial charge in [-0.15, -0.1) is 11.6 Å². The van der Waals surface area contributed by atoms with Crippen LogP contribution in [0.15, 0.2) is 0 Å². The number of hydrogen-bond donors (Lipinski definition) is 0. The van der Waals surface area contributed by atoms with E-state index in [9.17, 15) is 4.79 Å². The van der Waals surface area contributed by atoms with Gasteiger partial charge in [0.15, 0.2) is 0 Å². The quantitative estimate of drug-likeness (QED) is 0.526. The first-order valence-corrected chi connectivity index (χ1v) is 7.84. The average molecular weight is 289 g/mol. The summed E-state index contributed by atoms with van der Waals surface area (Å²) in [4.78, 5) is 11.8. The average Bonchev–Trinajstić information content (AvgIpc) is 2.31. The second kappa shape index (κ2) is 5.90. The molecule has 4 heteroatoms. The monoisotopic (exact) mass is 288 g/mol. The Hall–Kier alpha value is -0.440. The summed E-state index contributed by atoms with van der Waals surface area (Å²) in [5.74, 6) is 0.939. The largest absolute Gasteiger partial charge is 0.509 e. The summed E-state index contributed by atoms with van der Waals surface area (Å²) in [6.45, 7) is 5.56. The molecule has 0 N–H and O–H groups in total. The second-order valence-electron chi connectivity index (χ2n) is 6.83. The van der Waals surface area contributed by atoms with E-state index in [-0.39, 0.29) is 11.5 Å². The molecule has 110 valence electrons. The molecule has 2 aliphatic carbocycles. The molecule has 0 aliphatic heterocycles. The summed E-state index contributed by atoms with van der Waals surface area (Å²) in [7, 11) is 0. The molecule has 0 aromatic carbocycles. The summed E-state index contributed by atoms with van der Waals surface area (Å²) in [5.41, 5.74) is -0.493. The molecule has 19 heavy (non-hydrogen) atoms. The Balaban J connectivity index is 1.94. The van der Waals surface area contributed by atoms with Crippen LogP contribution in [0, 0.1) is 11.8 Å². The van der Waals surface area contributed by atoms with Gasteiger partial charge >= 0.3 is 6.16 Å². The van der Waals surface area contributed by atoms with Crippen molar-refractivity contribution in [2.75, 3.05) is 0 Å². The van der Waals surface area contributed by atoms with E-state index in [1.807, 2.05) is 20.8 Å². The van der Waals surface area contributed by atoms with Crippen molar-refractivity contribution in [1.82, 2.24) is 0 Å². The van der Waals surface area contributed by atoms with E-state index in [0.29, 0.717) is 11.8 Å². The van der Waals surface area contributed by atoms with Gasteiger partial charge in [0.1, 0.15) is 11.7 Å². The van der Waals surface area contributed by atoms with Crippen LogP contribution < -0.4 is 0 Å². The lowest BCUT2D eigenvalue weighted by molar-refractivity contribution is -0.0636. The third kappa shape index (κ3) is 4.01. The van der Waals surface area contributed by atoms with Crippen molar-refractivity contribution in [3.63, 3.8) is 0 Å². The van der Waals surface area contributed by atoms with E-state index in [2.05, 4.69) is 0 Å². The molecule has 0 aromatic heterocycles. The molecule has 0 spiro atoms. The summed E-state index contributed by atoms with van der Waals surface area (Å²) >= 11 is 6.43. The zero-order valence-electron chi connectivity index (χ0n) is 12.2. The Morgan fingerprint density at radius 1 is 1.05 bits per heavy atom. The van der Waals surface area contributed by atoms with Crippen LogP contribution in [0.3, 0.4) is 0 Å². The SMILES string of the molecule is CC(C)(C)OC(=O)OC1CCC(Cl)C2CCCCC12. The molecule has 2 rings (SSSR count). The molecule has 2 fully saturated rings. The minimum Gasteiger partial charge on any atom is -0.431 e. The second-order valence-corrected chi connectivity index (χ2v) is 7.39. The van der Waals surface area contributed by atoms with Crippen LogP contribution in [0.1, 0.15) is 59.3 Å². The van der Waals surface area contributed by atoms with Crippen molar-refractivity contribution in [2.24, 2.45) is 11.8 Å². The molecule has 3 nitrogen and oxygen atoms in total. The van der Waals surface area contributed by atoms with E-state index in [1.54, 1.807) is 0 Å². The molecule has 2 aliphatic rings. The highest BCUT2D eigenvalue weighted by Gasteiger charge is 2.42. The molecule has 0 heterocycles. The van der Waals surface area contributed by atoms with Gasteiger partial charge < -0.3 is 9.47 Å². The summed E-state index contributed by atoms with van der Waals surface area (Å²) in [5, 5.41) is 0.254. The van der Waals surface area contributed by atoms with E-state index >= 15 is 0 Å². The van der Waals surface area contributed by atoms with Crippen LogP contribution in [0.2, 0.25) is 0 Å². The summed E-state index contributed by atoms with van der Waals surface area (Å²) < 4.78 is 10.8. The number of carbonyl (C=O) groups is 1. The zero-order valence-corrected chi connectivity index (χ0v) is 12.9. The van der Waals surface area contributed by atoms with Crippen LogP contribution in [0.4, 0.5) is 4.79 Å². The number of carbonyl (C=O) groups excluding carboxylic acids is 1. The van der Waals surface area contributed by atoms with Gasteiger partial charge in [-0.05, 0) is 52.4 Å². The minimum atomic E-state index is -0.533. The highest BCUT2D eigenvalue weighted by atomic mass is 35.5. The van der Waals surface area contributed by atoms with Gasteiger partial charge in [0.2, 0.25) is 0 Å². The topological polar surface area (TPSA) is 35.5 Å².